The Balaban J connectivity index is 2.33. The normalized spacial score (nSPS) is 12.4. The highest BCUT2D eigenvalue weighted by Crippen LogP contribution is 2.14. The Bertz CT molecular complexity index is 313. The van der Waals surface area contributed by atoms with E-state index in [1.54, 1.807) is 0 Å². The molecule has 0 aliphatic carbocycles. The number of likely N-dealkylation sites (N-methyl/N-ethyl adjacent to an activating group) is 1. The quantitative estimate of drug-likeness (QED) is 0.693. The van der Waals surface area contributed by atoms with Crippen molar-refractivity contribution in [3.63, 3.8) is 0 Å². The second-order valence-corrected chi connectivity index (χ2v) is 5.49. The summed E-state index contributed by atoms with van der Waals surface area (Å²) in [5.74, 6) is 2.15. The van der Waals surface area contributed by atoms with Crippen molar-refractivity contribution in [3.8, 4) is 5.75 Å². The zero-order chi connectivity index (χ0) is 13.2. The molecule has 1 N–H and O–H groups in total. The van der Waals surface area contributed by atoms with E-state index in [0.29, 0.717) is 6.04 Å². The van der Waals surface area contributed by atoms with Gasteiger partial charge in [-0.1, -0.05) is 19.1 Å². The van der Waals surface area contributed by atoms with Gasteiger partial charge in [-0.3, -0.25) is 0 Å². The molecule has 0 saturated carbocycles. The summed E-state index contributed by atoms with van der Waals surface area (Å²) in [6, 6.07) is 9.01. The van der Waals surface area contributed by atoms with E-state index >= 15 is 0 Å². The van der Waals surface area contributed by atoms with Crippen LogP contribution in [0.4, 0.5) is 0 Å². The van der Waals surface area contributed by atoms with E-state index in [2.05, 4.69) is 49.7 Å². The first kappa shape index (κ1) is 15.4. The highest BCUT2D eigenvalue weighted by atomic mass is 32.2. The van der Waals surface area contributed by atoms with Gasteiger partial charge in [0.25, 0.3) is 0 Å². The zero-order valence-corrected chi connectivity index (χ0v) is 12.6. The number of thioether (sulfide) groups is 1. The number of hydrogen-bond donors (Lipinski definition) is 1. The van der Waals surface area contributed by atoms with Crippen LogP contribution in [0.3, 0.4) is 0 Å². The molecule has 102 valence electrons. The number of benzene rings is 1. The smallest absolute Gasteiger partial charge is 0.119 e. The van der Waals surface area contributed by atoms with Crippen LogP contribution in [-0.2, 0) is 6.42 Å². The van der Waals surface area contributed by atoms with Gasteiger partial charge in [-0.15, -0.1) is 0 Å². The molecule has 0 aromatic heterocycles. The standard InChI is InChI=1S/C15H25NOS/c1-4-16-13(2)12-14-6-8-15(9-7-14)17-10-5-11-18-3/h6-9,13,16H,4-5,10-12H2,1-3H3. The van der Waals surface area contributed by atoms with Crippen molar-refractivity contribution in [2.45, 2.75) is 32.7 Å². The molecular formula is C15H25NOS. The first-order valence-corrected chi connectivity index (χ1v) is 8.09. The summed E-state index contributed by atoms with van der Waals surface area (Å²) in [6.07, 6.45) is 4.31. The maximum atomic E-state index is 5.69. The molecule has 18 heavy (non-hydrogen) atoms. The third kappa shape index (κ3) is 6.31. The molecule has 0 heterocycles. The number of hydrogen-bond acceptors (Lipinski definition) is 3. The van der Waals surface area contributed by atoms with Crippen LogP contribution in [0.15, 0.2) is 24.3 Å². The maximum absolute atomic E-state index is 5.69. The Kier molecular flexibility index (Phi) is 7.94. The van der Waals surface area contributed by atoms with Gasteiger partial charge >= 0.3 is 0 Å². The predicted molar refractivity (Wildman–Crippen MR) is 81.8 cm³/mol. The van der Waals surface area contributed by atoms with E-state index < -0.39 is 0 Å². The second-order valence-electron chi connectivity index (χ2n) is 4.50. The lowest BCUT2D eigenvalue weighted by molar-refractivity contribution is 0.318. The molecule has 3 heteroatoms. The lowest BCUT2D eigenvalue weighted by atomic mass is 10.1. The molecule has 1 rings (SSSR count). The van der Waals surface area contributed by atoms with Gasteiger partial charge in [-0.2, -0.15) is 11.8 Å². The Morgan fingerprint density at radius 1 is 1.28 bits per heavy atom. The molecule has 0 saturated heterocycles. The highest BCUT2D eigenvalue weighted by molar-refractivity contribution is 7.98. The van der Waals surface area contributed by atoms with Crippen molar-refractivity contribution in [2.75, 3.05) is 25.2 Å². The Hall–Kier alpha value is -0.670. The summed E-state index contributed by atoms with van der Waals surface area (Å²) in [6.45, 7) is 6.20. The molecule has 0 fully saturated rings. The molecule has 2 nitrogen and oxygen atoms in total. The van der Waals surface area contributed by atoms with Crippen molar-refractivity contribution >= 4 is 11.8 Å². The fourth-order valence-electron chi connectivity index (χ4n) is 1.89. The molecule has 1 unspecified atom stereocenters. The zero-order valence-electron chi connectivity index (χ0n) is 11.7. The summed E-state index contributed by atoms with van der Waals surface area (Å²) >= 11 is 1.86. The molecule has 0 radical (unpaired) electrons. The predicted octanol–water partition coefficient (Wildman–Crippen LogP) is 3.36. The molecule has 1 aromatic carbocycles. The topological polar surface area (TPSA) is 21.3 Å². The third-order valence-electron chi connectivity index (χ3n) is 2.78. The van der Waals surface area contributed by atoms with Crippen molar-refractivity contribution in [2.24, 2.45) is 0 Å². The van der Waals surface area contributed by atoms with Crippen molar-refractivity contribution in [3.05, 3.63) is 29.8 Å². The minimum Gasteiger partial charge on any atom is -0.494 e. The third-order valence-corrected chi connectivity index (χ3v) is 3.48. The number of nitrogens with one attached hydrogen (secondary N) is 1. The van der Waals surface area contributed by atoms with Gasteiger partial charge in [0.05, 0.1) is 6.61 Å². The second kappa shape index (κ2) is 9.29. The summed E-state index contributed by atoms with van der Waals surface area (Å²) in [7, 11) is 0. The van der Waals surface area contributed by atoms with E-state index in [9.17, 15) is 0 Å². The number of rotatable bonds is 9. The van der Waals surface area contributed by atoms with Crippen LogP contribution < -0.4 is 10.1 Å². The maximum Gasteiger partial charge on any atom is 0.119 e. The van der Waals surface area contributed by atoms with Gasteiger partial charge in [0.15, 0.2) is 0 Å². The summed E-state index contributed by atoms with van der Waals surface area (Å²) < 4.78 is 5.69. The fourth-order valence-corrected chi connectivity index (χ4v) is 2.30. The Morgan fingerprint density at radius 2 is 2.00 bits per heavy atom. The summed E-state index contributed by atoms with van der Waals surface area (Å²) in [4.78, 5) is 0. The van der Waals surface area contributed by atoms with Gasteiger partial charge in [-0.25, -0.2) is 0 Å². The van der Waals surface area contributed by atoms with E-state index in [-0.39, 0.29) is 0 Å². The van der Waals surface area contributed by atoms with E-state index in [4.69, 9.17) is 4.74 Å². The SMILES string of the molecule is CCNC(C)Cc1ccc(OCCCSC)cc1. The van der Waals surface area contributed by atoms with Crippen LogP contribution >= 0.6 is 11.8 Å². The minimum atomic E-state index is 0.531. The van der Waals surface area contributed by atoms with Gasteiger partial charge in [0.2, 0.25) is 0 Å². The minimum absolute atomic E-state index is 0.531. The van der Waals surface area contributed by atoms with Gasteiger partial charge in [0, 0.05) is 6.04 Å². The van der Waals surface area contributed by atoms with Crippen molar-refractivity contribution in [1.29, 1.82) is 0 Å². The molecule has 1 aromatic rings. The first-order chi connectivity index (χ1) is 8.76. The molecule has 0 aliphatic heterocycles. The van der Waals surface area contributed by atoms with Crippen molar-refractivity contribution in [1.82, 2.24) is 5.32 Å². The molecule has 0 aliphatic rings. The van der Waals surface area contributed by atoms with Crippen LogP contribution in [0.1, 0.15) is 25.8 Å². The van der Waals surface area contributed by atoms with E-state index in [0.717, 1.165) is 37.5 Å². The molecule has 0 bridgehead atoms. The van der Waals surface area contributed by atoms with Gasteiger partial charge in [0.1, 0.15) is 5.75 Å². The largest absolute Gasteiger partial charge is 0.494 e. The van der Waals surface area contributed by atoms with Crippen LogP contribution in [0.2, 0.25) is 0 Å². The van der Waals surface area contributed by atoms with E-state index in [1.165, 1.54) is 5.56 Å². The van der Waals surface area contributed by atoms with Crippen LogP contribution in [-0.4, -0.2) is 31.2 Å². The van der Waals surface area contributed by atoms with Crippen LogP contribution in [0, 0.1) is 0 Å². The molecular weight excluding hydrogens is 242 g/mol. The van der Waals surface area contributed by atoms with Crippen LogP contribution in [0.25, 0.3) is 0 Å². The average Bonchev–Trinajstić information content (AvgIpc) is 2.37. The Labute approximate surface area is 116 Å². The summed E-state index contributed by atoms with van der Waals surface area (Å²) in [5.41, 5.74) is 1.36. The number of ether oxygens (including phenoxy) is 1. The first-order valence-electron chi connectivity index (χ1n) is 6.70. The monoisotopic (exact) mass is 267 g/mol. The van der Waals surface area contributed by atoms with Crippen LogP contribution in [0.5, 0.6) is 5.75 Å². The van der Waals surface area contributed by atoms with Gasteiger partial charge in [-0.05, 0) is 56.0 Å². The fraction of sp³-hybridized carbons (Fsp3) is 0.600. The lowest BCUT2D eigenvalue weighted by Crippen LogP contribution is -2.27. The average molecular weight is 267 g/mol. The lowest BCUT2D eigenvalue weighted by Gasteiger charge is -2.12. The van der Waals surface area contributed by atoms with Crippen molar-refractivity contribution < 1.29 is 4.74 Å². The van der Waals surface area contributed by atoms with E-state index in [1.807, 2.05) is 11.8 Å². The highest BCUT2D eigenvalue weighted by Gasteiger charge is 2.02. The molecule has 1 atom stereocenters. The summed E-state index contributed by atoms with van der Waals surface area (Å²) in [5, 5.41) is 3.42. The molecule has 0 amide bonds. The molecule has 0 spiro atoms. The Morgan fingerprint density at radius 3 is 2.61 bits per heavy atom. The van der Waals surface area contributed by atoms with Gasteiger partial charge < -0.3 is 10.1 Å².